The Hall–Kier alpha value is -3.00. The largest absolute Gasteiger partial charge is 0.497 e. The number of amides is 1. The number of benzene rings is 2. The number of piperidine rings is 1. The van der Waals surface area contributed by atoms with Crippen molar-refractivity contribution < 1.29 is 22.4 Å². The van der Waals surface area contributed by atoms with Gasteiger partial charge in [-0.1, -0.05) is 0 Å². The third kappa shape index (κ3) is 3.95. The summed E-state index contributed by atoms with van der Waals surface area (Å²) in [5.41, 5.74) is 2.69. The van der Waals surface area contributed by atoms with E-state index in [1.165, 1.54) is 0 Å². The minimum atomic E-state index is -3.98. The van der Waals surface area contributed by atoms with Gasteiger partial charge >= 0.3 is 0 Å². The third-order valence-corrected chi connectivity index (χ3v) is 7.67. The van der Waals surface area contributed by atoms with E-state index in [4.69, 9.17) is 9.15 Å². The number of carbonyl (C=O) groups is 1. The Morgan fingerprint density at radius 2 is 1.69 bits per heavy atom. The molecular weight excluding hydrogens is 428 g/mol. The number of nitrogens with zero attached hydrogens (tertiary/aromatic N) is 1. The number of anilines is 1. The number of sulfonamides is 1. The van der Waals surface area contributed by atoms with E-state index in [0.29, 0.717) is 41.0 Å². The predicted octanol–water partition coefficient (Wildman–Crippen LogP) is 4.79. The first kappa shape index (κ1) is 22.2. The van der Waals surface area contributed by atoms with Crippen molar-refractivity contribution in [1.29, 1.82) is 0 Å². The monoisotopic (exact) mass is 456 g/mol. The SMILES string of the molecule is COc1ccc(NS(=O)(=O)c2c(C)c(C)cc3c(C)c(C(=O)N4CCCCC4)oc23)cc1. The van der Waals surface area contributed by atoms with Gasteiger partial charge in [-0.15, -0.1) is 0 Å². The number of fused-ring (bicyclic) bond motifs is 1. The van der Waals surface area contributed by atoms with Crippen molar-refractivity contribution in [3.05, 3.63) is 52.8 Å². The molecule has 1 aromatic heterocycles. The van der Waals surface area contributed by atoms with Gasteiger partial charge < -0.3 is 14.1 Å². The van der Waals surface area contributed by atoms with Crippen LogP contribution in [0, 0.1) is 20.8 Å². The number of likely N-dealkylation sites (tertiary alicyclic amines) is 1. The summed E-state index contributed by atoms with van der Waals surface area (Å²) in [6.45, 7) is 6.81. The molecule has 0 unspecified atom stereocenters. The highest BCUT2D eigenvalue weighted by Gasteiger charge is 2.30. The van der Waals surface area contributed by atoms with Crippen LogP contribution in [0.2, 0.25) is 0 Å². The van der Waals surface area contributed by atoms with Gasteiger partial charge in [-0.3, -0.25) is 9.52 Å². The molecule has 170 valence electrons. The van der Waals surface area contributed by atoms with E-state index in [1.807, 2.05) is 19.9 Å². The Bertz CT molecular complexity index is 1270. The Balaban J connectivity index is 1.81. The van der Waals surface area contributed by atoms with Crippen LogP contribution in [0.1, 0.15) is 46.5 Å². The zero-order chi connectivity index (χ0) is 23.0. The standard InChI is InChI=1S/C24H28N2O5S/c1-15-14-20-17(3)21(24(27)26-12-6-5-7-13-26)31-22(20)23(16(15)2)32(28,29)25-18-8-10-19(30-4)11-9-18/h8-11,14,25H,5-7,12-13H2,1-4H3. The Labute approximate surface area is 188 Å². The highest BCUT2D eigenvalue weighted by atomic mass is 32.2. The van der Waals surface area contributed by atoms with Crippen molar-refractivity contribution in [2.75, 3.05) is 24.9 Å². The molecule has 2 aromatic carbocycles. The van der Waals surface area contributed by atoms with Crippen LogP contribution in [-0.2, 0) is 10.0 Å². The molecule has 1 saturated heterocycles. The number of ether oxygens (including phenoxy) is 1. The van der Waals surface area contributed by atoms with Gasteiger partial charge in [0.25, 0.3) is 15.9 Å². The summed E-state index contributed by atoms with van der Waals surface area (Å²) >= 11 is 0. The molecule has 3 aromatic rings. The molecule has 1 aliphatic rings. The molecule has 32 heavy (non-hydrogen) atoms. The molecule has 0 atom stereocenters. The lowest BCUT2D eigenvalue weighted by atomic mass is 10.0. The van der Waals surface area contributed by atoms with Gasteiger partial charge in [0.1, 0.15) is 10.6 Å². The molecule has 0 spiro atoms. The van der Waals surface area contributed by atoms with Crippen LogP contribution in [0.25, 0.3) is 11.0 Å². The van der Waals surface area contributed by atoms with Crippen LogP contribution in [0.5, 0.6) is 5.75 Å². The molecular formula is C24H28N2O5S. The van der Waals surface area contributed by atoms with E-state index in [-0.39, 0.29) is 22.1 Å². The molecule has 4 rings (SSSR count). The van der Waals surface area contributed by atoms with Crippen molar-refractivity contribution in [3.8, 4) is 5.75 Å². The number of hydrogen-bond donors (Lipinski definition) is 1. The van der Waals surface area contributed by atoms with Gasteiger partial charge in [0.15, 0.2) is 11.3 Å². The summed E-state index contributed by atoms with van der Waals surface area (Å²) in [6.07, 6.45) is 3.05. The topological polar surface area (TPSA) is 88.8 Å². The van der Waals surface area contributed by atoms with Crippen LogP contribution in [0.3, 0.4) is 0 Å². The lowest BCUT2D eigenvalue weighted by Crippen LogP contribution is -2.35. The maximum atomic E-state index is 13.4. The number of rotatable bonds is 5. The summed E-state index contributed by atoms with van der Waals surface area (Å²) in [4.78, 5) is 15.0. The fourth-order valence-corrected chi connectivity index (χ4v) is 5.68. The van der Waals surface area contributed by atoms with Gasteiger partial charge in [0, 0.05) is 29.7 Å². The van der Waals surface area contributed by atoms with Crippen LogP contribution >= 0.6 is 0 Å². The molecule has 1 fully saturated rings. The summed E-state index contributed by atoms with van der Waals surface area (Å²) in [5.74, 6) is 0.664. The minimum Gasteiger partial charge on any atom is -0.497 e. The van der Waals surface area contributed by atoms with Gasteiger partial charge in [-0.05, 0) is 81.5 Å². The van der Waals surface area contributed by atoms with Crippen LogP contribution in [0.15, 0.2) is 39.6 Å². The van der Waals surface area contributed by atoms with Crippen LogP contribution in [-0.4, -0.2) is 39.4 Å². The van der Waals surface area contributed by atoms with Crippen molar-refractivity contribution in [3.63, 3.8) is 0 Å². The number of aryl methyl sites for hydroxylation is 2. The second-order valence-corrected chi connectivity index (χ2v) is 9.89. The zero-order valence-electron chi connectivity index (χ0n) is 18.8. The van der Waals surface area contributed by atoms with E-state index in [2.05, 4.69) is 4.72 Å². The smallest absolute Gasteiger partial charge is 0.289 e. The molecule has 8 heteroatoms. The molecule has 7 nitrogen and oxygen atoms in total. The number of furan rings is 1. The van der Waals surface area contributed by atoms with E-state index in [1.54, 1.807) is 43.2 Å². The predicted molar refractivity (Wildman–Crippen MR) is 124 cm³/mol. The normalized spacial score (nSPS) is 14.6. The summed E-state index contributed by atoms with van der Waals surface area (Å²) < 4.78 is 40.7. The minimum absolute atomic E-state index is 0.0594. The summed E-state index contributed by atoms with van der Waals surface area (Å²) in [6, 6.07) is 8.53. The van der Waals surface area contributed by atoms with E-state index >= 15 is 0 Å². The first-order valence-corrected chi connectivity index (χ1v) is 12.2. The Morgan fingerprint density at radius 3 is 2.31 bits per heavy atom. The maximum absolute atomic E-state index is 13.4. The Kier molecular flexibility index (Phi) is 5.90. The van der Waals surface area contributed by atoms with E-state index in [9.17, 15) is 13.2 Å². The first-order chi connectivity index (χ1) is 15.2. The van der Waals surface area contributed by atoms with Crippen LogP contribution in [0.4, 0.5) is 5.69 Å². The summed E-state index contributed by atoms with van der Waals surface area (Å²) in [5, 5.41) is 0.642. The fourth-order valence-electron chi connectivity index (χ4n) is 4.18. The first-order valence-electron chi connectivity index (χ1n) is 10.7. The molecule has 1 aliphatic heterocycles. The fraction of sp³-hybridized carbons (Fsp3) is 0.375. The maximum Gasteiger partial charge on any atom is 0.289 e. The molecule has 0 saturated carbocycles. The number of methoxy groups -OCH3 is 1. The van der Waals surface area contributed by atoms with Crippen LogP contribution < -0.4 is 9.46 Å². The lowest BCUT2D eigenvalue weighted by molar-refractivity contribution is 0.0693. The average Bonchev–Trinajstić information content (AvgIpc) is 3.10. The number of hydrogen-bond acceptors (Lipinski definition) is 5. The highest BCUT2D eigenvalue weighted by molar-refractivity contribution is 7.93. The average molecular weight is 457 g/mol. The number of nitrogens with one attached hydrogen (secondary N) is 1. The molecule has 0 aliphatic carbocycles. The van der Waals surface area contributed by atoms with Crippen molar-refractivity contribution in [1.82, 2.24) is 4.90 Å². The van der Waals surface area contributed by atoms with E-state index < -0.39 is 10.0 Å². The highest BCUT2D eigenvalue weighted by Crippen LogP contribution is 2.36. The van der Waals surface area contributed by atoms with Gasteiger partial charge in [-0.25, -0.2) is 8.42 Å². The molecule has 0 bridgehead atoms. The summed E-state index contributed by atoms with van der Waals surface area (Å²) in [7, 11) is -2.43. The Morgan fingerprint density at radius 1 is 1.03 bits per heavy atom. The van der Waals surface area contributed by atoms with Crippen molar-refractivity contribution in [2.45, 2.75) is 44.9 Å². The number of carbonyl (C=O) groups excluding carboxylic acids is 1. The molecule has 2 heterocycles. The molecule has 1 N–H and O–H groups in total. The molecule has 1 amide bonds. The van der Waals surface area contributed by atoms with Gasteiger partial charge in [-0.2, -0.15) is 0 Å². The molecule has 0 radical (unpaired) electrons. The van der Waals surface area contributed by atoms with Gasteiger partial charge in [0.05, 0.1) is 7.11 Å². The quantitative estimate of drug-likeness (QED) is 0.596. The second-order valence-electron chi connectivity index (χ2n) is 8.27. The van der Waals surface area contributed by atoms with Crippen molar-refractivity contribution >= 4 is 32.6 Å². The second kappa shape index (κ2) is 8.50. The lowest BCUT2D eigenvalue weighted by Gasteiger charge is -2.25. The van der Waals surface area contributed by atoms with E-state index in [0.717, 1.165) is 24.8 Å². The van der Waals surface area contributed by atoms with Crippen molar-refractivity contribution in [2.24, 2.45) is 0 Å². The third-order valence-electron chi connectivity index (χ3n) is 6.14. The van der Waals surface area contributed by atoms with Gasteiger partial charge in [0.2, 0.25) is 0 Å². The zero-order valence-corrected chi connectivity index (χ0v) is 19.6.